The van der Waals surface area contributed by atoms with Crippen LogP contribution in [-0.2, 0) is 0 Å². The maximum atomic E-state index is 11.9. The van der Waals surface area contributed by atoms with Crippen LogP contribution in [0.3, 0.4) is 0 Å². The number of hydrogen-bond donors (Lipinski definition) is 2. The molecule has 0 aliphatic carbocycles. The van der Waals surface area contributed by atoms with E-state index in [-0.39, 0.29) is 5.91 Å². The molecule has 0 fully saturated rings. The van der Waals surface area contributed by atoms with Gasteiger partial charge in [-0.3, -0.25) is 4.79 Å². The van der Waals surface area contributed by atoms with Gasteiger partial charge in [0.1, 0.15) is 5.82 Å². The lowest BCUT2D eigenvalue weighted by atomic mass is 10.2. The third-order valence-electron chi connectivity index (χ3n) is 2.76. The van der Waals surface area contributed by atoms with Gasteiger partial charge in [0.2, 0.25) is 0 Å². The van der Waals surface area contributed by atoms with E-state index in [4.69, 9.17) is 0 Å². The average Bonchev–Trinajstić information content (AvgIpc) is 2.48. The summed E-state index contributed by atoms with van der Waals surface area (Å²) in [4.78, 5) is 16.1. The second-order valence-corrected chi connectivity index (χ2v) is 6.24. The zero-order chi connectivity index (χ0) is 15.1. The molecule has 1 amide bonds. The minimum absolute atomic E-state index is 0.0573. The second kappa shape index (κ2) is 8.14. The normalized spacial score (nSPS) is 10.2. The third kappa shape index (κ3) is 5.47. The Morgan fingerprint density at radius 1 is 1.10 bits per heavy atom. The molecular weight excluding hydrogens is 398 g/mol. The smallest absolute Gasteiger partial charge is 0.251 e. The number of aromatic nitrogens is 1. The van der Waals surface area contributed by atoms with Gasteiger partial charge >= 0.3 is 0 Å². The number of anilines is 1. The topological polar surface area (TPSA) is 54.0 Å². The summed E-state index contributed by atoms with van der Waals surface area (Å²) in [5.41, 5.74) is 0.659. The van der Waals surface area contributed by atoms with Crippen molar-refractivity contribution in [2.24, 2.45) is 0 Å². The second-order valence-electron chi connectivity index (χ2n) is 4.41. The fraction of sp³-hybridized carbons (Fsp3) is 0.200. The Morgan fingerprint density at radius 3 is 2.67 bits per heavy atom. The van der Waals surface area contributed by atoms with Crippen LogP contribution in [0.5, 0.6) is 0 Å². The Kier molecular flexibility index (Phi) is 6.20. The fourth-order valence-corrected chi connectivity index (χ4v) is 2.35. The summed E-state index contributed by atoms with van der Waals surface area (Å²) in [6.45, 7) is 1.38. The van der Waals surface area contributed by atoms with Crippen LogP contribution in [0.25, 0.3) is 0 Å². The molecule has 2 rings (SSSR count). The minimum Gasteiger partial charge on any atom is -0.370 e. The van der Waals surface area contributed by atoms with Crippen LogP contribution in [0.2, 0.25) is 0 Å². The van der Waals surface area contributed by atoms with Crippen molar-refractivity contribution in [2.75, 3.05) is 18.4 Å². The molecule has 0 saturated carbocycles. The Bertz CT molecular complexity index is 602. The quantitative estimate of drug-likeness (QED) is 0.708. The number of benzene rings is 1. The van der Waals surface area contributed by atoms with Crippen LogP contribution >= 0.6 is 31.9 Å². The highest BCUT2D eigenvalue weighted by Gasteiger charge is 2.04. The number of carbonyl (C=O) groups is 1. The summed E-state index contributed by atoms with van der Waals surface area (Å²) < 4.78 is 1.85. The average molecular weight is 413 g/mol. The predicted octanol–water partition coefficient (Wildman–Crippen LogP) is 3.84. The molecule has 21 heavy (non-hydrogen) atoms. The van der Waals surface area contributed by atoms with Gasteiger partial charge in [0.15, 0.2) is 0 Å². The van der Waals surface area contributed by atoms with Crippen molar-refractivity contribution in [3.63, 3.8) is 0 Å². The van der Waals surface area contributed by atoms with Crippen LogP contribution < -0.4 is 10.6 Å². The van der Waals surface area contributed by atoms with Crippen molar-refractivity contribution in [3.05, 3.63) is 57.1 Å². The third-order valence-corrected chi connectivity index (χ3v) is 3.72. The molecule has 4 nitrogen and oxygen atoms in total. The molecule has 2 N–H and O–H groups in total. The summed E-state index contributed by atoms with van der Waals surface area (Å²) in [5, 5.41) is 6.10. The number of nitrogens with one attached hydrogen (secondary N) is 2. The number of rotatable bonds is 6. The molecule has 0 aliphatic heterocycles. The fourth-order valence-electron chi connectivity index (χ4n) is 1.72. The first-order valence-electron chi connectivity index (χ1n) is 6.54. The highest BCUT2D eigenvalue weighted by atomic mass is 79.9. The maximum absolute atomic E-state index is 11.9. The number of pyridine rings is 1. The van der Waals surface area contributed by atoms with E-state index in [9.17, 15) is 4.79 Å². The molecule has 0 spiro atoms. The molecule has 2 aromatic rings. The zero-order valence-electron chi connectivity index (χ0n) is 11.3. The molecule has 0 aliphatic rings. The van der Waals surface area contributed by atoms with Crippen LogP contribution in [0.1, 0.15) is 16.8 Å². The summed E-state index contributed by atoms with van der Waals surface area (Å²) in [6.07, 6.45) is 2.58. The molecule has 0 radical (unpaired) electrons. The van der Waals surface area contributed by atoms with Crippen molar-refractivity contribution in [3.8, 4) is 0 Å². The van der Waals surface area contributed by atoms with Gasteiger partial charge in [0.25, 0.3) is 5.91 Å². The van der Waals surface area contributed by atoms with E-state index < -0.39 is 0 Å². The minimum atomic E-state index is -0.0573. The van der Waals surface area contributed by atoms with Gasteiger partial charge in [-0.15, -0.1) is 0 Å². The first-order chi connectivity index (χ1) is 10.1. The van der Waals surface area contributed by atoms with E-state index in [1.807, 2.05) is 24.3 Å². The lowest BCUT2D eigenvalue weighted by molar-refractivity contribution is 0.0953. The van der Waals surface area contributed by atoms with Gasteiger partial charge in [-0.1, -0.05) is 22.0 Å². The monoisotopic (exact) mass is 411 g/mol. The molecule has 6 heteroatoms. The molecule has 0 unspecified atom stereocenters. The number of carbonyl (C=O) groups excluding carboxylic acids is 1. The van der Waals surface area contributed by atoms with Gasteiger partial charge in [-0.05, 0) is 52.7 Å². The summed E-state index contributed by atoms with van der Waals surface area (Å²) in [6, 6.07) is 11.2. The van der Waals surface area contributed by atoms with Crippen LogP contribution in [0.4, 0.5) is 5.82 Å². The molecular formula is C15H15Br2N3O. The number of halogens is 2. The molecule has 110 valence electrons. The summed E-state index contributed by atoms with van der Waals surface area (Å²) >= 11 is 6.69. The van der Waals surface area contributed by atoms with Crippen molar-refractivity contribution in [2.45, 2.75) is 6.42 Å². The zero-order valence-corrected chi connectivity index (χ0v) is 14.4. The number of nitrogens with zero attached hydrogens (tertiary/aromatic N) is 1. The molecule has 0 atom stereocenters. The molecule has 1 aromatic heterocycles. The Morgan fingerprint density at radius 2 is 1.95 bits per heavy atom. The van der Waals surface area contributed by atoms with Crippen molar-refractivity contribution >= 4 is 43.6 Å². The highest BCUT2D eigenvalue weighted by Crippen LogP contribution is 2.11. The largest absolute Gasteiger partial charge is 0.370 e. The Balaban J connectivity index is 1.68. The lowest BCUT2D eigenvalue weighted by Gasteiger charge is -2.07. The summed E-state index contributed by atoms with van der Waals surface area (Å²) in [5.74, 6) is 0.773. The standard InChI is InChI=1S/C15H15Br2N3O/c16-12-4-1-3-11(9-12)15(21)19-8-2-7-18-14-6-5-13(17)10-20-14/h1,3-6,9-10H,2,7-8H2,(H,18,20)(H,19,21). The van der Waals surface area contributed by atoms with Crippen molar-refractivity contribution in [1.82, 2.24) is 10.3 Å². The number of hydrogen-bond acceptors (Lipinski definition) is 3. The van der Waals surface area contributed by atoms with Gasteiger partial charge in [0, 0.05) is 33.8 Å². The van der Waals surface area contributed by atoms with Crippen LogP contribution in [-0.4, -0.2) is 24.0 Å². The van der Waals surface area contributed by atoms with E-state index in [0.29, 0.717) is 12.1 Å². The van der Waals surface area contributed by atoms with E-state index in [1.54, 1.807) is 18.3 Å². The summed E-state index contributed by atoms with van der Waals surface area (Å²) in [7, 11) is 0. The molecule has 1 aromatic carbocycles. The maximum Gasteiger partial charge on any atom is 0.251 e. The molecule has 0 bridgehead atoms. The molecule has 0 saturated heterocycles. The van der Waals surface area contributed by atoms with Crippen LogP contribution in [0.15, 0.2) is 51.5 Å². The van der Waals surface area contributed by atoms with Gasteiger partial charge in [-0.25, -0.2) is 4.98 Å². The van der Waals surface area contributed by atoms with Gasteiger partial charge in [-0.2, -0.15) is 0 Å². The predicted molar refractivity (Wildman–Crippen MR) is 91.5 cm³/mol. The van der Waals surface area contributed by atoms with E-state index >= 15 is 0 Å². The molecule has 1 heterocycles. The van der Waals surface area contributed by atoms with Crippen molar-refractivity contribution in [1.29, 1.82) is 0 Å². The van der Waals surface area contributed by atoms with E-state index in [1.165, 1.54) is 0 Å². The van der Waals surface area contributed by atoms with Gasteiger partial charge < -0.3 is 10.6 Å². The van der Waals surface area contributed by atoms with Gasteiger partial charge in [0.05, 0.1) is 0 Å². The van der Waals surface area contributed by atoms with Crippen LogP contribution in [0, 0.1) is 0 Å². The Labute approximate surface area is 140 Å². The number of amides is 1. The SMILES string of the molecule is O=C(NCCCNc1ccc(Br)cn1)c1cccc(Br)c1. The first-order valence-corrected chi connectivity index (χ1v) is 8.13. The lowest BCUT2D eigenvalue weighted by Crippen LogP contribution is -2.25. The first kappa shape index (κ1) is 16.0. The highest BCUT2D eigenvalue weighted by molar-refractivity contribution is 9.10. The van der Waals surface area contributed by atoms with E-state index in [2.05, 4.69) is 47.5 Å². The van der Waals surface area contributed by atoms with E-state index in [0.717, 1.165) is 27.7 Å². The van der Waals surface area contributed by atoms with Crippen molar-refractivity contribution < 1.29 is 4.79 Å². The Hall–Kier alpha value is -1.40.